The lowest BCUT2D eigenvalue weighted by Crippen LogP contribution is -2.32. The van der Waals surface area contributed by atoms with Crippen LogP contribution in [0.1, 0.15) is 17.0 Å². The summed E-state index contributed by atoms with van der Waals surface area (Å²) in [7, 11) is -2.07. The Hall–Kier alpha value is -3.36. The monoisotopic (exact) mass is 657 g/mol. The van der Waals surface area contributed by atoms with Gasteiger partial charge in [0.05, 0.1) is 77.6 Å². The molecule has 0 spiro atoms. The van der Waals surface area contributed by atoms with Gasteiger partial charge in [0.25, 0.3) is 10.1 Å². The molecule has 46 heavy (non-hydrogen) atoms. The Morgan fingerprint density at radius 3 is 1.57 bits per heavy atom. The molecular weight excluding hydrogens is 614 g/mol. The maximum Gasteiger partial charge on any atom is 0.409 e. The van der Waals surface area contributed by atoms with Crippen LogP contribution in [0.25, 0.3) is 11.1 Å². The summed E-state index contributed by atoms with van der Waals surface area (Å²) in [5.41, 5.74) is 4.76. The number of ether oxygens (including phenoxy) is 6. The van der Waals surface area contributed by atoms with Crippen LogP contribution in [0.5, 0.6) is 0 Å². The molecule has 0 bridgehead atoms. The van der Waals surface area contributed by atoms with E-state index in [4.69, 9.17) is 32.6 Å². The van der Waals surface area contributed by atoms with E-state index in [0.717, 1.165) is 0 Å². The van der Waals surface area contributed by atoms with Crippen molar-refractivity contribution < 1.29 is 45.8 Å². The van der Waals surface area contributed by atoms with E-state index in [0.29, 0.717) is 66.0 Å². The average molecular weight is 658 g/mol. The van der Waals surface area contributed by atoms with Crippen LogP contribution in [0.2, 0.25) is 0 Å². The van der Waals surface area contributed by atoms with Crippen molar-refractivity contribution in [2.75, 3.05) is 92.9 Å². The molecule has 1 amide bonds. The summed E-state index contributed by atoms with van der Waals surface area (Å²) in [6.45, 7) is 4.34. The lowest BCUT2D eigenvalue weighted by molar-refractivity contribution is -0.0134. The Morgan fingerprint density at radius 2 is 1.04 bits per heavy atom. The highest BCUT2D eigenvalue weighted by Gasteiger charge is 2.29. The number of benzene rings is 3. The second-order valence-electron chi connectivity index (χ2n) is 10.4. The van der Waals surface area contributed by atoms with Crippen LogP contribution in [-0.2, 0) is 42.7 Å². The zero-order valence-corrected chi connectivity index (χ0v) is 27.0. The van der Waals surface area contributed by atoms with Crippen LogP contribution in [-0.4, -0.2) is 112 Å². The standard InChI is InChI=1S/C34H43NO10S/c1-35(34(36)44-27-33-31-13-7-5-11-29(31)30-12-6-8-14-32(30)33)15-16-39-17-18-40-19-20-41-21-22-42-23-24-43-25-26-45-46(37,38)28-9-3-2-4-10-28/h2-14,33H,15-27H2,1H3. The van der Waals surface area contributed by atoms with Gasteiger partial charge in [-0.15, -0.1) is 0 Å². The third-order valence-corrected chi connectivity index (χ3v) is 8.53. The van der Waals surface area contributed by atoms with Crippen molar-refractivity contribution in [1.29, 1.82) is 0 Å². The van der Waals surface area contributed by atoms with Crippen LogP contribution in [0.15, 0.2) is 83.8 Å². The van der Waals surface area contributed by atoms with Crippen LogP contribution < -0.4 is 0 Å². The molecule has 0 aromatic heterocycles. The molecule has 3 aromatic carbocycles. The first-order chi connectivity index (χ1) is 22.5. The summed E-state index contributed by atoms with van der Waals surface area (Å²) in [4.78, 5) is 14.2. The van der Waals surface area contributed by atoms with Crippen molar-refractivity contribution in [3.63, 3.8) is 0 Å². The van der Waals surface area contributed by atoms with Crippen molar-refractivity contribution in [2.45, 2.75) is 10.8 Å². The molecule has 1 aliphatic carbocycles. The van der Waals surface area contributed by atoms with Gasteiger partial charge in [-0.2, -0.15) is 8.42 Å². The molecule has 0 saturated heterocycles. The number of carbonyl (C=O) groups is 1. The van der Waals surface area contributed by atoms with Crippen molar-refractivity contribution in [3.05, 3.63) is 90.0 Å². The van der Waals surface area contributed by atoms with Crippen molar-refractivity contribution in [2.24, 2.45) is 0 Å². The number of amides is 1. The van der Waals surface area contributed by atoms with Gasteiger partial charge in [-0.1, -0.05) is 66.7 Å². The Bertz CT molecular complexity index is 1390. The predicted molar refractivity (Wildman–Crippen MR) is 171 cm³/mol. The van der Waals surface area contributed by atoms with Crippen LogP contribution >= 0.6 is 0 Å². The second kappa shape index (κ2) is 19.3. The fourth-order valence-electron chi connectivity index (χ4n) is 4.84. The molecule has 0 atom stereocenters. The minimum atomic E-state index is -3.77. The van der Waals surface area contributed by atoms with Crippen molar-refractivity contribution in [1.82, 2.24) is 4.90 Å². The number of nitrogens with zero attached hydrogens (tertiary/aromatic N) is 1. The Kier molecular flexibility index (Phi) is 14.9. The first-order valence-corrected chi connectivity index (χ1v) is 16.8. The minimum Gasteiger partial charge on any atom is -0.448 e. The fraction of sp³-hybridized carbons (Fsp3) is 0.441. The molecule has 250 valence electrons. The Morgan fingerprint density at radius 1 is 0.609 bits per heavy atom. The number of rotatable bonds is 22. The van der Waals surface area contributed by atoms with Crippen LogP contribution in [0, 0.1) is 0 Å². The summed E-state index contributed by atoms with van der Waals surface area (Å²) in [5.74, 6) is 0.0299. The minimum absolute atomic E-state index is 0.0299. The van der Waals surface area contributed by atoms with Gasteiger partial charge in [0.1, 0.15) is 6.61 Å². The second-order valence-corrected chi connectivity index (χ2v) is 12.0. The summed E-state index contributed by atoms with van der Waals surface area (Å²) in [6.07, 6.45) is -0.378. The van der Waals surface area contributed by atoms with Gasteiger partial charge < -0.3 is 33.3 Å². The summed E-state index contributed by atoms with van der Waals surface area (Å²) < 4.78 is 61.9. The third kappa shape index (κ3) is 11.2. The number of hydrogen-bond donors (Lipinski definition) is 0. The maximum atomic E-state index is 12.6. The van der Waals surface area contributed by atoms with Gasteiger partial charge in [-0.3, -0.25) is 4.18 Å². The number of likely N-dealkylation sites (N-methyl/N-ethyl adjacent to an activating group) is 1. The molecule has 0 aliphatic heterocycles. The Balaban J connectivity index is 0.915. The molecule has 3 aromatic rings. The zero-order chi connectivity index (χ0) is 32.5. The molecule has 12 heteroatoms. The molecule has 1 aliphatic rings. The molecule has 4 rings (SSSR count). The molecule has 0 saturated carbocycles. The fourth-order valence-corrected chi connectivity index (χ4v) is 5.75. The van der Waals surface area contributed by atoms with E-state index >= 15 is 0 Å². The van der Waals surface area contributed by atoms with Gasteiger partial charge >= 0.3 is 6.09 Å². The molecule has 0 N–H and O–H groups in total. The summed E-state index contributed by atoms with van der Waals surface area (Å²) in [6, 6.07) is 24.5. The lowest BCUT2D eigenvalue weighted by Gasteiger charge is -2.19. The van der Waals surface area contributed by atoms with Crippen molar-refractivity contribution in [3.8, 4) is 11.1 Å². The van der Waals surface area contributed by atoms with Gasteiger partial charge in [-0.25, -0.2) is 4.79 Å². The number of fused-ring (bicyclic) bond motifs is 3. The Labute approximate surface area is 271 Å². The van der Waals surface area contributed by atoms with Crippen molar-refractivity contribution >= 4 is 16.2 Å². The predicted octanol–water partition coefficient (Wildman–Crippen LogP) is 4.36. The van der Waals surface area contributed by atoms with Gasteiger partial charge in [-0.05, 0) is 34.4 Å². The zero-order valence-electron chi connectivity index (χ0n) is 26.2. The average Bonchev–Trinajstić information content (AvgIpc) is 3.40. The molecule has 11 nitrogen and oxygen atoms in total. The van der Waals surface area contributed by atoms with Gasteiger partial charge in [0, 0.05) is 19.5 Å². The highest BCUT2D eigenvalue weighted by molar-refractivity contribution is 7.86. The normalized spacial score (nSPS) is 12.5. The van der Waals surface area contributed by atoms with E-state index in [2.05, 4.69) is 24.3 Å². The highest BCUT2D eigenvalue weighted by atomic mass is 32.2. The lowest BCUT2D eigenvalue weighted by atomic mass is 9.98. The number of hydrogen-bond acceptors (Lipinski definition) is 10. The van der Waals surface area contributed by atoms with E-state index in [1.165, 1.54) is 39.3 Å². The topological polar surface area (TPSA) is 119 Å². The van der Waals surface area contributed by atoms with E-state index in [-0.39, 0.29) is 36.7 Å². The number of carbonyl (C=O) groups excluding carboxylic acids is 1. The van der Waals surface area contributed by atoms with E-state index < -0.39 is 10.1 Å². The first-order valence-electron chi connectivity index (χ1n) is 15.4. The summed E-state index contributed by atoms with van der Waals surface area (Å²) >= 11 is 0. The highest BCUT2D eigenvalue weighted by Crippen LogP contribution is 2.44. The first kappa shape index (κ1) is 35.5. The molecule has 0 radical (unpaired) electrons. The van der Waals surface area contributed by atoms with Gasteiger partial charge in [0.2, 0.25) is 0 Å². The van der Waals surface area contributed by atoms with Gasteiger partial charge in [0.15, 0.2) is 0 Å². The van der Waals surface area contributed by atoms with E-state index in [1.54, 1.807) is 25.2 Å². The van der Waals surface area contributed by atoms with Crippen LogP contribution in [0.3, 0.4) is 0 Å². The largest absolute Gasteiger partial charge is 0.448 e. The van der Waals surface area contributed by atoms with Crippen LogP contribution in [0.4, 0.5) is 4.79 Å². The quantitative estimate of drug-likeness (QED) is 0.114. The molecule has 0 heterocycles. The molecule has 0 fully saturated rings. The third-order valence-electron chi connectivity index (χ3n) is 7.20. The maximum absolute atomic E-state index is 12.6. The molecular formula is C34H43NO10S. The molecule has 0 unspecified atom stereocenters. The smallest absolute Gasteiger partial charge is 0.409 e. The van der Waals surface area contributed by atoms with E-state index in [1.807, 2.05) is 24.3 Å². The summed E-state index contributed by atoms with van der Waals surface area (Å²) in [5, 5.41) is 0. The van der Waals surface area contributed by atoms with E-state index in [9.17, 15) is 13.2 Å². The SMILES string of the molecule is CN(CCOCCOCCOCCOCCOCCOS(=O)(=O)c1ccccc1)C(=O)OCC1c2ccccc2-c2ccccc21.